The maximum Gasteiger partial charge on any atom is 0.178 e. The van der Waals surface area contributed by atoms with Gasteiger partial charge in [-0.1, -0.05) is 30.3 Å². The molecule has 0 spiro atoms. The van der Waals surface area contributed by atoms with E-state index < -0.39 is 0 Å². The lowest BCUT2D eigenvalue weighted by Crippen LogP contribution is -3.00. The van der Waals surface area contributed by atoms with Gasteiger partial charge in [0.25, 0.3) is 0 Å². The van der Waals surface area contributed by atoms with Gasteiger partial charge in [-0.15, -0.1) is 23.5 Å². The van der Waals surface area contributed by atoms with Crippen LogP contribution < -0.4 is 24.0 Å². The van der Waals surface area contributed by atoms with Gasteiger partial charge >= 0.3 is 0 Å². The monoisotopic (exact) mass is 391 g/mol. The number of rotatable bonds is 2. The Morgan fingerprint density at radius 3 is 2.44 bits per heavy atom. The quantitative estimate of drug-likeness (QED) is 0.542. The van der Waals surface area contributed by atoms with Gasteiger partial charge in [0.1, 0.15) is 14.1 Å². The maximum absolute atomic E-state index is 2.31. The van der Waals surface area contributed by atoms with E-state index in [0.717, 1.165) is 6.42 Å². The summed E-state index contributed by atoms with van der Waals surface area (Å²) in [4.78, 5) is 0. The lowest BCUT2D eigenvalue weighted by molar-refractivity contribution is -0.464. The summed E-state index contributed by atoms with van der Waals surface area (Å²) in [5, 5.41) is 0.557. The number of benzene rings is 1. The zero-order valence-electron chi connectivity index (χ0n) is 10.9. The highest BCUT2D eigenvalue weighted by molar-refractivity contribution is 8.22. The van der Waals surface area contributed by atoms with Gasteiger partial charge in [-0.2, -0.15) is 0 Å². The molecule has 1 nitrogen and oxygen atoms in total. The van der Waals surface area contributed by atoms with Gasteiger partial charge < -0.3 is 24.0 Å². The van der Waals surface area contributed by atoms with Crippen LogP contribution in [0.1, 0.15) is 17.2 Å². The average Bonchev–Trinajstić information content (AvgIpc) is 2.39. The third-order valence-electron chi connectivity index (χ3n) is 2.88. The van der Waals surface area contributed by atoms with Crippen LogP contribution in [-0.2, 0) is 0 Å². The topological polar surface area (TPSA) is 3.01 Å². The van der Waals surface area contributed by atoms with Crippen molar-refractivity contribution < 1.29 is 28.6 Å². The van der Waals surface area contributed by atoms with Crippen molar-refractivity contribution >= 4 is 29.2 Å². The van der Waals surface area contributed by atoms with E-state index in [-0.39, 0.29) is 24.0 Å². The summed E-state index contributed by atoms with van der Waals surface area (Å²) in [6, 6.07) is 10.8. The highest BCUT2D eigenvalue weighted by Gasteiger charge is 2.24. The second-order valence-electron chi connectivity index (χ2n) is 4.27. The summed E-state index contributed by atoms with van der Waals surface area (Å²) in [5.74, 6) is 0. The fourth-order valence-electron chi connectivity index (χ4n) is 1.87. The van der Waals surface area contributed by atoms with Crippen molar-refractivity contribution in [2.75, 3.05) is 20.4 Å². The van der Waals surface area contributed by atoms with E-state index in [1.165, 1.54) is 15.5 Å². The molecule has 18 heavy (non-hydrogen) atoms. The van der Waals surface area contributed by atoms with Crippen LogP contribution in [0.25, 0.3) is 0 Å². The number of allylic oxidation sites excluding steroid dienone is 1. The minimum atomic E-state index is 0. The Bertz CT molecular complexity index is 450. The zero-order chi connectivity index (χ0) is 12.3. The van der Waals surface area contributed by atoms with E-state index in [4.69, 9.17) is 0 Å². The summed E-state index contributed by atoms with van der Waals surface area (Å²) in [7, 11) is 4.25. The first kappa shape index (κ1) is 16.1. The molecule has 0 fully saturated rings. The summed E-state index contributed by atoms with van der Waals surface area (Å²) < 4.78 is 3.64. The van der Waals surface area contributed by atoms with E-state index in [0.29, 0.717) is 5.25 Å². The summed E-state index contributed by atoms with van der Waals surface area (Å²) in [6.07, 6.45) is 5.58. The molecule has 0 aliphatic carbocycles. The smallest absolute Gasteiger partial charge is 0.178 e. The standard InChI is InChI=1S/C14H18NS2.HI/c1-15(2)12-9-13(17-14(10-12)16-3)11-7-5-4-6-8-11;/h4-8,10,13H,9H2,1-3H3;1H/q+1;/p-1. The molecule has 1 aliphatic rings. The Kier molecular flexibility index (Phi) is 6.81. The van der Waals surface area contributed by atoms with E-state index in [9.17, 15) is 0 Å². The Labute approximate surface area is 135 Å². The third kappa shape index (κ3) is 4.03. The largest absolute Gasteiger partial charge is 1.00 e. The highest BCUT2D eigenvalue weighted by Crippen LogP contribution is 2.44. The molecule has 4 heteroatoms. The molecule has 1 atom stereocenters. The average molecular weight is 391 g/mol. The van der Waals surface area contributed by atoms with Crippen LogP contribution in [0.15, 0.2) is 40.6 Å². The molecule has 0 amide bonds. The molecule has 1 aromatic carbocycles. The number of hydrogen-bond donors (Lipinski definition) is 0. The van der Waals surface area contributed by atoms with Crippen LogP contribution in [0.5, 0.6) is 0 Å². The van der Waals surface area contributed by atoms with Gasteiger partial charge in [-0.05, 0) is 11.8 Å². The van der Waals surface area contributed by atoms with Gasteiger partial charge in [0.05, 0.1) is 0 Å². The van der Waals surface area contributed by atoms with Crippen molar-refractivity contribution in [3.8, 4) is 0 Å². The molecule has 0 radical (unpaired) electrons. The molecule has 1 aliphatic heterocycles. The van der Waals surface area contributed by atoms with Crippen LogP contribution in [-0.4, -0.2) is 30.6 Å². The number of thioether (sulfide) groups is 2. The van der Waals surface area contributed by atoms with Crippen molar-refractivity contribution in [2.45, 2.75) is 11.7 Å². The van der Waals surface area contributed by atoms with Crippen molar-refractivity contribution in [1.82, 2.24) is 0 Å². The molecule has 1 heterocycles. The Morgan fingerprint density at radius 2 is 1.89 bits per heavy atom. The Hall–Kier alpha value is 0.0600. The molecule has 1 unspecified atom stereocenters. The first-order chi connectivity index (χ1) is 8.20. The lowest BCUT2D eigenvalue weighted by atomic mass is 10.1. The molecule has 1 aromatic rings. The fourth-order valence-corrected chi connectivity index (χ4v) is 3.89. The van der Waals surface area contributed by atoms with Gasteiger partial charge in [0, 0.05) is 22.0 Å². The van der Waals surface area contributed by atoms with Crippen LogP contribution in [0.2, 0.25) is 0 Å². The first-order valence-electron chi connectivity index (χ1n) is 5.71. The molecule has 0 bridgehead atoms. The Balaban J connectivity index is 0.00000162. The van der Waals surface area contributed by atoms with E-state index in [1.807, 2.05) is 23.5 Å². The Morgan fingerprint density at radius 1 is 1.22 bits per heavy atom. The molecular weight excluding hydrogens is 373 g/mol. The SMILES string of the molecule is CSC1=CC(=[N+](C)C)CC(c2ccccc2)S1.[I-]. The molecule has 2 rings (SSSR count). The van der Waals surface area contributed by atoms with Crippen LogP contribution >= 0.6 is 23.5 Å². The molecule has 0 N–H and O–H groups in total. The van der Waals surface area contributed by atoms with Crippen LogP contribution in [0, 0.1) is 0 Å². The van der Waals surface area contributed by atoms with Crippen molar-refractivity contribution in [1.29, 1.82) is 0 Å². The summed E-state index contributed by atoms with van der Waals surface area (Å²) in [6.45, 7) is 0. The predicted molar refractivity (Wildman–Crippen MR) is 80.1 cm³/mol. The van der Waals surface area contributed by atoms with E-state index in [1.54, 1.807) is 0 Å². The highest BCUT2D eigenvalue weighted by atomic mass is 127. The normalized spacial score (nSPS) is 18.9. The zero-order valence-corrected chi connectivity index (χ0v) is 14.7. The van der Waals surface area contributed by atoms with Crippen molar-refractivity contribution in [2.24, 2.45) is 0 Å². The van der Waals surface area contributed by atoms with Crippen molar-refractivity contribution in [3.63, 3.8) is 0 Å². The number of hydrogen-bond acceptors (Lipinski definition) is 2. The number of halogens is 1. The molecule has 0 aromatic heterocycles. The van der Waals surface area contributed by atoms with Gasteiger partial charge in [-0.25, -0.2) is 4.58 Å². The van der Waals surface area contributed by atoms with Gasteiger partial charge in [0.15, 0.2) is 5.71 Å². The van der Waals surface area contributed by atoms with Crippen molar-refractivity contribution in [3.05, 3.63) is 46.2 Å². The van der Waals surface area contributed by atoms with E-state index in [2.05, 4.69) is 61.3 Å². The van der Waals surface area contributed by atoms with Crippen LogP contribution in [0.3, 0.4) is 0 Å². The minimum Gasteiger partial charge on any atom is -1.00 e. The molecular formula is C14H18INS2. The second kappa shape index (κ2) is 7.60. The lowest BCUT2D eigenvalue weighted by Gasteiger charge is -2.21. The second-order valence-corrected chi connectivity index (χ2v) is 6.63. The third-order valence-corrected chi connectivity index (χ3v) is 5.27. The summed E-state index contributed by atoms with van der Waals surface area (Å²) >= 11 is 3.82. The van der Waals surface area contributed by atoms with E-state index >= 15 is 0 Å². The summed E-state index contributed by atoms with van der Waals surface area (Å²) in [5.41, 5.74) is 2.85. The fraction of sp³-hybridized carbons (Fsp3) is 0.357. The first-order valence-corrected chi connectivity index (χ1v) is 7.81. The van der Waals surface area contributed by atoms with Gasteiger partial charge in [-0.3, -0.25) is 0 Å². The minimum absolute atomic E-state index is 0. The molecule has 98 valence electrons. The predicted octanol–water partition coefficient (Wildman–Crippen LogP) is 0.786. The molecule has 0 saturated carbocycles. The maximum atomic E-state index is 2.31. The number of nitrogens with zero attached hydrogens (tertiary/aromatic N) is 1. The van der Waals surface area contributed by atoms with Crippen LogP contribution in [0.4, 0.5) is 0 Å². The van der Waals surface area contributed by atoms with Gasteiger partial charge in [0.2, 0.25) is 0 Å². The molecule has 0 saturated heterocycles.